The van der Waals surface area contributed by atoms with Gasteiger partial charge in [0.05, 0.1) is 6.61 Å². The van der Waals surface area contributed by atoms with Crippen LogP contribution in [-0.4, -0.2) is 18.5 Å². The van der Waals surface area contributed by atoms with Crippen LogP contribution in [0.4, 0.5) is 0 Å². The van der Waals surface area contributed by atoms with Crippen LogP contribution in [0.5, 0.6) is 5.75 Å². The van der Waals surface area contributed by atoms with Gasteiger partial charge in [0.2, 0.25) is 0 Å². The highest BCUT2D eigenvalue weighted by Gasteiger charge is 2.03. The van der Waals surface area contributed by atoms with E-state index < -0.39 is 0 Å². The Balaban J connectivity index is 0.000000263. The molecule has 4 nitrogen and oxygen atoms in total. The van der Waals surface area contributed by atoms with E-state index in [1.54, 1.807) is 38.1 Å². The van der Waals surface area contributed by atoms with E-state index in [0.717, 1.165) is 6.42 Å². The van der Waals surface area contributed by atoms with Crippen LogP contribution in [-0.2, 0) is 20.7 Å². The highest BCUT2D eigenvalue weighted by molar-refractivity contribution is 5.88. The lowest BCUT2D eigenvalue weighted by molar-refractivity contribution is -0.138. The topological polar surface area (TPSA) is 52.6 Å². The molecule has 0 N–H and O–H groups in total. The molecule has 136 valence electrons. The van der Waals surface area contributed by atoms with Crippen LogP contribution < -0.4 is 4.74 Å². The summed E-state index contributed by atoms with van der Waals surface area (Å²) in [4.78, 5) is 22.0. The van der Waals surface area contributed by atoms with Gasteiger partial charge in [-0.15, -0.1) is 0 Å². The third-order valence-electron chi connectivity index (χ3n) is 3.12. The SMILES string of the molecule is C=C(C)C(=O)OCCc1ccccc1.C=C(C)C(=O)Oc1ccccc1. The monoisotopic (exact) mass is 352 g/mol. The van der Waals surface area contributed by atoms with Gasteiger partial charge in [0.1, 0.15) is 5.75 Å². The quantitative estimate of drug-likeness (QED) is 0.436. The van der Waals surface area contributed by atoms with E-state index in [9.17, 15) is 9.59 Å². The molecule has 0 bridgehead atoms. The normalized spacial score (nSPS) is 9.31. The summed E-state index contributed by atoms with van der Waals surface area (Å²) in [5.41, 5.74) is 2.01. The second-order valence-corrected chi connectivity index (χ2v) is 5.63. The molecule has 0 saturated carbocycles. The molecular weight excluding hydrogens is 328 g/mol. The third-order valence-corrected chi connectivity index (χ3v) is 3.12. The molecule has 0 aliphatic heterocycles. The molecule has 2 aromatic rings. The lowest BCUT2D eigenvalue weighted by Gasteiger charge is -2.03. The highest BCUT2D eigenvalue weighted by Crippen LogP contribution is 2.09. The summed E-state index contributed by atoms with van der Waals surface area (Å²) in [6, 6.07) is 18.8. The number of carbonyl (C=O) groups is 2. The Labute approximate surface area is 154 Å². The maximum absolute atomic E-state index is 11.0. The fourth-order valence-electron chi connectivity index (χ4n) is 1.71. The zero-order valence-corrected chi connectivity index (χ0v) is 15.2. The summed E-state index contributed by atoms with van der Waals surface area (Å²) in [5, 5.41) is 0. The molecule has 0 aliphatic carbocycles. The minimum Gasteiger partial charge on any atom is -0.462 e. The summed E-state index contributed by atoms with van der Waals surface area (Å²) < 4.78 is 9.91. The van der Waals surface area contributed by atoms with Gasteiger partial charge in [-0.1, -0.05) is 61.7 Å². The Morgan fingerprint density at radius 3 is 1.81 bits per heavy atom. The standard InChI is InChI=1S/C12H14O2.C10H10O2/c1-10(2)12(13)14-9-8-11-6-4-3-5-7-11;1-8(2)10(11)12-9-6-4-3-5-7-9/h3-7H,1,8-9H2,2H3;3-7H,1H2,2H3. The number of hydrogen-bond donors (Lipinski definition) is 0. The molecule has 0 atom stereocenters. The van der Waals surface area contributed by atoms with Crippen LogP contribution in [0.15, 0.2) is 85.0 Å². The first-order valence-electron chi connectivity index (χ1n) is 8.19. The lowest BCUT2D eigenvalue weighted by atomic mass is 10.2. The molecule has 0 saturated heterocycles. The van der Waals surface area contributed by atoms with E-state index in [2.05, 4.69) is 13.2 Å². The van der Waals surface area contributed by atoms with Crippen LogP contribution in [0, 0.1) is 0 Å². The summed E-state index contributed by atoms with van der Waals surface area (Å²) in [7, 11) is 0. The summed E-state index contributed by atoms with van der Waals surface area (Å²) in [5.74, 6) is -0.160. The second kappa shape index (κ2) is 11.4. The predicted octanol–water partition coefficient (Wildman–Crippen LogP) is 4.52. The van der Waals surface area contributed by atoms with Crippen molar-refractivity contribution in [1.82, 2.24) is 0 Å². The van der Waals surface area contributed by atoms with Crippen molar-refractivity contribution in [1.29, 1.82) is 0 Å². The first-order valence-corrected chi connectivity index (χ1v) is 8.19. The number of rotatable bonds is 6. The minimum absolute atomic E-state index is 0.319. The molecule has 0 radical (unpaired) electrons. The molecule has 0 unspecified atom stereocenters. The fraction of sp³-hybridized carbons (Fsp3) is 0.182. The van der Waals surface area contributed by atoms with Crippen LogP contribution in [0.3, 0.4) is 0 Å². The Morgan fingerprint density at radius 1 is 0.808 bits per heavy atom. The minimum atomic E-state index is -0.388. The molecule has 0 aliphatic rings. The second-order valence-electron chi connectivity index (χ2n) is 5.63. The van der Waals surface area contributed by atoms with Gasteiger partial charge in [-0.3, -0.25) is 0 Å². The fourth-order valence-corrected chi connectivity index (χ4v) is 1.71. The third kappa shape index (κ3) is 8.64. The van der Waals surface area contributed by atoms with E-state index in [1.807, 2.05) is 36.4 Å². The van der Waals surface area contributed by atoms with Crippen molar-refractivity contribution in [3.8, 4) is 5.75 Å². The Bertz CT molecular complexity index is 733. The van der Waals surface area contributed by atoms with Gasteiger partial charge < -0.3 is 9.47 Å². The zero-order chi connectivity index (χ0) is 19.4. The first-order chi connectivity index (χ1) is 12.4. The molecule has 2 aromatic carbocycles. The van der Waals surface area contributed by atoms with Crippen molar-refractivity contribution in [2.75, 3.05) is 6.61 Å². The van der Waals surface area contributed by atoms with E-state index in [-0.39, 0.29) is 11.9 Å². The molecule has 26 heavy (non-hydrogen) atoms. The van der Waals surface area contributed by atoms with Gasteiger partial charge >= 0.3 is 11.9 Å². The van der Waals surface area contributed by atoms with Crippen molar-refractivity contribution < 1.29 is 19.1 Å². The largest absolute Gasteiger partial charge is 0.462 e. The number of para-hydroxylation sites is 1. The average molecular weight is 352 g/mol. The van der Waals surface area contributed by atoms with Gasteiger partial charge in [0.25, 0.3) is 0 Å². The smallest absolute Gasteiger partial charge is 0.338 e. The molecule has 2 rings (SSSR count). The number of ether oxygens (including phenoxy) is 2. The molecule has 0 spiro atoms. The van der Waals surface area contributed by atoms with Crippen LogP contribution in [0.1, 0.15) is 19.4 Å². The Morgan fingerprint density at radius 2 is 1.31 bits per heavy atom. The number of carbonyl (C=O) groups excluding carboxylic acids is 2. The Hall–Kier alpha value is -3.14. The number of benzene rings is 2. The highest BCUT2D eigenvalue weighted by atomic mass is 16.5. The predicted molar refractivity (Wildman–Crippen MR) is 103 cm³/mol. The maximum atomic E-state index is 11.0. The average Bonchev–Trinajstić information content (AvgIpc) is 2.63. The summed E-state index contributed by atoms with van der Waals surface area (Å²) in [6.07, 6.45) is 0.750. The van der Waals surface area contributed by atoms with Crippen molar-refractivity contribution in [2.45, 2.75) is 20.3 Å². The molecular formula is C22H24O4. The van der Waals surface area contributed by atoms with Gasteiger partial charge in [-0.25, -0.2) is 9.59 Å². The van der Waals surface area contributed by atoms with Crippen molar-refractivity contribution in [3.05, 3.63) is 90.5 Å². The Kier molecular flexibility index (Phi) is 9.18. The van der Waals surface area contributed by atoms with Gasteiger partial charge in [-0.2, -0.15) is 0 Å². The maximum Gasteiger partial charge on any atom is 0.338 e. The van der Waals surface area contributed by atoms with Crippen molar-refractivity contribution in [2.24, 2.45) is 0 Å². The summed E-state index contributed by atoms with van der Waals surface area (Å²) in [6.45, 7) is 10.7. The first kappa shape index (κ1) is 20.9. The van der Waals surface area contributed by atoms with Gasteiger partial charge in [0.15, 0.2) is 0 Å². The van der Waals surface area contributed by atoms with E-state index in [4.69, 9.17) is 9.47 Å². The van der Waals surface area contributed by atoms with E-state index in [0.29, 0.717) is 23.5 Å². The number of esters is 2. The molecule has 0 fully saturated rings. The van der Waals surface area contributed by atoms with E-state index >= 15 is 0 Å². The molecule has 0 heterocycles. The van der Waals surface area contributed by atoms with Gasteiger partial charge in [0, 0.05) is 17.6 Å². The van der Waals surface area contributed by atoms with Crippen molar-refractivity contribution >= 4 is 11.9 Å². The van der Waals surface area contributed by atoms with Crippen LogP contribution in [0.2, 0.25) is 0 Å². The van der Waals surface area contributed by atoms with Crippen LogP contribution >= 0.6 is 0 Å². The van der Waals surface area contributed by atoms with Gasteiger partial charge in [-0.05, 0) is 31.5 Å². The number of hydrogen-bond acceptors (Lipinski definition) is 4. The van der Waals surface area contributed by atoms with E-state index in [1.165, 1.54) is 5.56 Å². The zero-order valence-electron chi connectivity index (χ0n) is 15.2. The van der Waals surface area contributed by atoms with Crippen LogP contribution in [0.25, 0.3) is 0 Å². The summed E-state index contributed by atoms with van der Waals surface area (Å²) >= 11 is 0. The molecule has 4 heteroatoms. The molecule has 0 aromatic heterocycles. The molecule has 0 amide bonds. The lowest BCUT2D eigenvalue weighted by Crippen LogP contribution is -2.07. The van der Waals surface area contributed by atoms with Crippen molar-refractivity contribution in [3.63, 3.8) is 0 Å².